The van der Waals surface area contributed by atoms with Crippen LogP contribution in [0.25, 0.3) is 0 Å². The van der Waals surface area contributed by atoms with Crippen molar-refractivity contribution in [2.75, 3.05) is 27.3 Å². The van der Waals surface area contributed by atoms with Gasteiger partial charge in [-0.3, -0.25) is 14.8 Å². The van der Waals surface area contributed by atoms with Crippen molar-refractivity contribution in [2.45, 2.75) is 12.5 Å². The van der Waals surface area contributed by atoms with Gasteiger partial charge < -0.3 is 19.5 Å². The Balaban J connectivity index is 1.71. The van der Waals surface area contributed by atoms with Crippen molar-refractivity contribution in [3.63, 3.8) is 0 Å². The number of carbonyl (C=O) groups excluding carboxylic acids is 1. The lowest BCUT2D eigenvalue weighted by molar-refractivity contribution is 0.0764. The standard InChI is InChI=1S/C18H21N3O4/c1-24-16-4-3-12(8-17(16)25-2)18(23)21-10-13(15(22)11-21)7-14-9-19-5-6-20-14/h3-6,8-9,13,15,22H,7,10-11H2,1-2H3/t13-,15-/m1/s1. The molecule has 2 aromatic rings. The van der Waals surface area contributed by atoms with Gasteiger partial charge in [0.1, 0.15) is 0 Å². The van der Waals surface area contributed by atoms with E-state index >= 15 is 0 Å². The van der Waals surface area contributed by atoms with Crippen LogP contribution in [0, 0.1) is 5.92 Å². The maximum absolute atomic E-state index is 12.7. The van der Waals surface area contributed by atoms with Crippen LogP contribution in [0.2, 0.25) is 0 Å². The molecule has 1 aliphatic rings. The molecule has 7 heteroatoms. The average Bonchev–Trinajstić information content (AvgIpc) is 3.01. The van der Waals surface area contributed by atoms with Gasteiger partial charge in [0.25, 0.3) is 5.91 Å². The maximum atomic E-state index is 12.7. The summed E-state index contributed by atoms with van der Waals surface area (Å²) in [7, 11) is 3.08. The third-order valence-electron chi connectivity index (χ3n) is 4.41. The number of β-amino-alcohol motifs (C(OH)–C–C–N with tert-alkyl or cyclic N) is 1. The minimum absolute atomic E-state index is 0.0548. The summed E-state index contributed by atoms with van der Waals surface area (Å²) < 4.78 is 10.4. The van der Waals surface area contributed by atoms with E-state index in [-0.39, 0.29) is 11.8 Å². The average molecular weight is 343 g/mol. The van der Waals surface area contributed by atoms with Gasteiger partial charge in [-0.25, -0.2) is 0 Å². The summed E-state index contributed by atoms with van der Waals surface area (Å²) >= 11 is 0. The molecule has 1 saturated heterocycles. The fourth-order valence-corrected chi connectivity index (χ4v) is 3.08. The summed E-state index contributed by atoms with van der Waals surface area (Å²) in [5, 5.41) is 10.3. The largest absolute Gasteiger partial charge is 0.493 e. The summed E-state index contributed by atoms with van der Waals surface area (Å²) in [6.07, 6.45) is 4.94. The van der Waals surface area contributed by atoms with Crippen LogP contribution in [0.3, 0.4) is 0 Å². The van der Waals surface area contributed by atoms with Gasteiger partial charge in [0.2, 0.25) is 0 Å². The highest BCUT2D eigenvalue weighted by Gasteiger charge is 2.34. The first-order valence-corrected chi connectivity index (χ1v) is 8.06. The lowest BCUT2D eigenvalue weighted by atomic mass is 10.0. The Morgan fingerprint density at radius 2 is 2.04 bits per heavy atom. The number of aliphatic hydroxyl groups is 1. The highest BCUT2D eigenvalue weighted by molar-refractivity contribution is 5.95. The van der Waals surface area contributed by atoms with Crippen molar-refractivity contribution in [3.8, 4) is 11.5 Å². The van der Waals surface area contributed by atoms with Crippen LogP contribution in [-0.2, 0) is 6.42 Å². The molecule has 0 unspecified atom stereocenters. The van der Waals surface area contributed by atoms with Crippen molar-refractivity contribution in [1.82, 2.24) is 14.9 Å². The Morgan fingerprint density at radius 1 is 1.24 bits per heavy atom. The van der Waals surface area contributed by atoms with E-state index < -0.39 is 6.10 Å². The second-order valence-corrected chi connectivity index (χ2v) is 6.01. The molecule has 2 atom stereocenters. The molecule has 0 aliphatic carbocycles. The van der Waals surface area contributed by atoms with Crippen molar-refractivity contribution in [1.29, 1.82) is 0 Å². The van der Waals surface area contributed by atoms with Gasteiger partial charge in [0.05, 0.1) is 26.0 Å². The van der Waals surface area contributed by atoms with Crippen LogP contribution in [-0.4, -0.2) is 59.3 Å². The number of aromatic nitrogens is 2. The number of aliphatic hydroxyl groups excluding tert-OH is 1. The fourth-order valence-electron chi connectivity index (χ4n) is 3.08. The third-order valence-corrected chi connectivity index (χ3v) is 4.41. The van der Waals surface area contributed by atoms with E-state index in [0.29, 0.717) is 36.6 Å². The monoisotopic (exact) mass is 343 g/mol. The highest BCUT2D eigenvalue weighted by Crippen LogP contribution is 2.29. The van der Waals surface area contributed by atoms with E-state index in [2.05, 4.69) is 9.97 Å². The fraction of sp³-hybridized carbons (Fsp3) is 0.389. The molecule has 1 amide bonds. The van der Waals surface area contributed by atoms with Crippen molar-refractivity contribution in [2.24, 2.45) is 5.92 Å². The number of methoxy groups -OCH3 is 2. The number of benzene rings is 1. The number of carbonyl (C=O) groups is 1. The molecule has 7 nitrogen and oxygen atoms in total. The molecule has 3 rings (SSSR count). The Morgan fingerprint density at radius 3 is 2.72 bits per heavy atom. The molecule has 25 heavy (non-hydrogen) atoms. The van der Waals surface area contributed by atoms with Crippen molar-refractivity contribution >= 4 is 5.91 Å². The topological polar surface area (TPSA) is 84.8 Å². The minimum Gasteiger partial charge on any atom is -0.493 e. The zero-order chi connectivity index (χ0) is 17.8. The first-order chi connectivity index (χ1) is 12.1. The highest BCUT2D eigenvalue weighted by atomic mass is 16.5. The molecule has 2 heterocycles. The Kier molecular flexibility index (Phi) is 5.14. The summed E-state index contributed by atoms with van der Waals surface area (Å²) in [5.74, 6) is 0.882. The van der Waals surface area contributed by atoms with Gasteiger partial charge in [0, 0.05) is 43.2 Å². The van der Waals surface area contributed by atoms with E-state index in [9.17, 15) is 9.90 Å². The molecule has 1 N–H and O–H groups in total. The number of rotatable bonds is 5. The number of amides is 1. The molecule has 0 bridgehead atoms. The Labute approximate surface area is 146 Å². The van der Waals surface area contributed by atoms with E-state index in [0.717, 1.165) is 5.69 Å². The Bertz CT molecular complexity index is 738. The normalized spacial score (nSPS) is 19.7. The van der Waals surface area contributed by atoms with E-state index in [4.69, 9.17) is 9.47 Å². The number of hydrogen-bond acceptors (Lipinski definition) is 6. The van der Waals surface area contributed by atoms with Crippen molar-refractivity contribution in [3.05, 3.63) is 48.0 Å². The molecule has 0 radical (unpaired) electrons. The molecule has 1 aliphatic heterocycles. The minimum atomic E-state index is -0.578. The zero-order valence-corrected chi connectivity index (χ0v) is 14.3. The SMILES string of the molecule is COc1ccc(C(=O)N2C[C@@H](Cc3cnccn3)[C@H](O)C2)cc1OC. The van der Waals surface area contributed by atoms with Crippen LogP contribution in [0.5, 0.6) is 11.5 Å². The van der Waals surface area contributed by atoms with E-state index in [1.807, 2.05) is 0 Å². The quantitative estimate of drug-likeness (QED) is 0.877. The lowest BCUT2D eigenvalue weighted by Gasteiger charge is -2.17. The van der Waals surface area contributed by atoms with Crippen LogP contribution in [0.1, 0.15) is 16.1 Å². The first kappa shape index (κ1) is 17.2. The summed E-state index contributed by atoms with van der Waals surface area (Å²) in [6, 6.07) is 5.06. The number of ether oxygens (including phenoxy) is 2. The molecule has 1 aromatic heterocycles. The van der Waals surface area contributed by atoms with Gasteiger partial charge in [-0.15, -0.1) is 0 Å². The molecule has 0 saturated carbocycles. The lowest BCUT2D eigenvalue weighted by Crippen LogP contribution is -2.29. The summed E-state index contributed by atoms with van der Waals surface area (Å²) in [6.45, 7) is 0.781. The molecule has 132 valence electrons. The molecular formula is C18H21N3O4. The number of nitrogens with zero attached hydrogens (tertiary/aromatic N) is 3. The third kappa shape index (κ3) is 3.71. The first-order valence-electron chi connectivity index (χ1n) is 8.06. The van der Waals surface area contributed by atoms with Crippen LogP contribution in [0.4, 0.5) is 0 Å². The van der Waals surface area contributed by atoms with Gasteiger partial charge in [0.15, 0.2) is 11.5 Å². The summed E-state index contributed by atoms with van der Waals surface area (Å²) in [4.78, 5) is 22.7. The van der Waals surface area contributed by atoms with Crippen LogP contribution in [0.15, 0.2) is 36.8 Å². The predicted octanol–water partition coefficient (Wildman–Crippen LogP) is 1.17. The second-order valence-electron chi connectivity index (χ2n) is 6.01. The number of hydrogen-bond donors (Lipinski definition) is 1. The van der Waals surface area contributed by atoms with E-state index in [1.54, 1.807) is 48.8 Å². The van der Waals surface area contributed by atoms with Gasteiger partial charge in [-0.1, -0.05) is 0 Å². The predicted molar refractivity (Wildman–Crippen MR) is 90.7 cm³/mol. The van der Waals surface area contributed by atoms with Gasteiger partial charge >= 0.3 is 0 Å². The molecule has 0 spiro atoms. The summed E-state index contributed by atoms with van der Waals surface area (Å²) in [5.41, 5.74) is 1.32. The molecular weight excluding hydrogens is 322 g/mol. The Hall–Kier alpha value is -2.67. The molecule has 1 aromatic carbocycles. The van der Waals surface area contributed by atoms with Crippen LogP contribution < -0.4 is 9.47 Å². The maximum Gasteiger partial charge on any atom is 0.254 e. The van der Waals surface area contributed by atoms with Crippen molar-refractivity contribution < 1.29 is 19.4 Å². The van der Waals surface area contributed by atoms with Crippen LogP contribution >= 0.6 is 0 Å². The second kappa shape index (κ2) is 7.48. The smallest absolute Gasteiger partial charge is 0.254 e. The van der Waals surface area contributed by atoms with Gasteiger partial charge in [-0.05, 0) is 24.6 Å². The molecule has 1 fully saturated rings. The van der Waals surface area contributed by atoms with E-state index in [1.165, 1.54) is 7.11 Å². The zero-order valence-electron chi connectivity index (χ0n) is 14.3. The van der Waals surface area contributed by atoms with Gasteiger partial charge in [-0.2, -0.15) is 0 Å². The number of likely N-dealkylation sites (tertiary alicyclic amines) is 1.